The average molecular weight is 705 g/mol. The standard InChI is InChI=1S/C46H36N6O2/c1-5-13-39(14-6-1)51(40-15-7-2-8-16-40)43-29-25-37(26-30-43)49-33-53-45(47-49)35-21-23-36(24-22-35)46-48-50(34-54-46)38-27-31-44(32-28-38)52(41-17-9-3-10-18-41)42-19-11-4-12-20-42/h1-32H,33-34H2. The summed E-state index contributed by atoms with van der Waals surface area (Å²) in [5.41, 5.74) is 10.1. The summed E-state index contributed by atoms with van der Waals surface area (Å²) < 4.78 is 12.1. The van der Waals surface area contributed by atoms with Gasteiger partial charge in [0.05, 0.1) is 11.4 Å². The monoisotopic (exact) mass is 704 g/mol. The zero-order valence-electron chi connectivity index (χ0n) is 29.4. The second-order valence-corrected chi connectivity index (χ2v) is 12.8. The molecule has 0 saturated carbocycles. The van der Waals surface area contributed by atoms with Crippen LogP contribution in [-0.4, -0.2) is 25.3 Å². The molecule has 0 N–H and O–H groups in total. The molecule has 0 radical (unpaired) electrons. The highest BCUT2D eigenvalue weighted by atomic mass is 16.5. The van der Waals surface area contributed by atoms with Crippen LogP contribution < -0.4 is 19.8 Å². The molecule has 0 amide bonds. The first-order valence-corrected chi connectivity index (χ1v) is 17.9. The van der Waals surface area contributed by atoms with Gasteiger partial charge in [-0.05, 0) is 121 Å². The van der Waals surface area contributed by atoms with Crippen molar-refractivity contribution >= 4 is 57.3 Å². The molecule has 0 spiro atoms. The fraction of sp³-hybridized carbons (Fsp3) is 0.0435. The Balaban J connectivity index is 0.880. The topological polar surface area (TPSA) is 56.1 Å². The predicted molar refractivity (Wildman–Crippen MR) is 219 cm³/mol. The maximum absolute atomic E-state index is 6.04. The molecule has 0 fully saturated rings. The molecule has 0 aromatic heterocycles. The highest BCUT2D eigenvalue weighted by Crippen LogP contribution is 2.37. The van der Waals surface area contributed by atoms with E-state index in [1.54, 1.807) is 0 Å². The summed E-state index contributed by atoms with van der Waals surface area (Å²) in [4.78, 5) is 4.47. The molecular formula is C46H36N6O2. The van der Waals surface area contributed by atoms with Gasteiger partial charge in [-0.15, -0.1) is 10.2 Å². The Kier molecular flexibility index (Phi) is 8.89. The van der Waals surface area contributed by atoms with Gasteiger partial charge < -0.3 is 19.3 Å². The molecule has 0 saturated heterocycles. The minimum absolute atomic E-state index is 0.329. The highest BCUT2D eigenvalue weighted by Gasteiger charge is 2.23. The number of nitrogens with zero attached hydrogens (tertiary/aromatic N) is 6. The molecule has 7 aromatic rings. The van der Waals surface area contributed by atoms with Crippen molar-refractivity contribution in [3.63, 3.8) is 0 Å². The molecule has 8 heteroatoms. The number of benzene rings is 7. The van der Waals surface area contributed by atoms with Crippen LogP contribution >= 0.6 is 0 Å². The first-order chi connectivity index (χ1) is 26.8. The van der Waals surface area contributed by atoms with Crippen molar-refractivity contribution in [3.8, 4) is 0 Å². The Hall–Kier alpha value is -7.32. The molecule has 8 nitrogen and oxygen atoms in total. The SMILES string of the molecule is c1ccc(N(c2ccccc2)c2ccc(N3COC(c4ccc(C5=NN(c6ccc(N(c7ccccc7)c7ccccc7)cc6)CO5)cc4)=N3)cc2)cc1. The normalized spacial score (nSPS) is 13.5. The fourth-order valence-corrected chi connectivity index (χ4v) is 6.63. The van der Waals surface area contributed by atoms with Gasteiger partial charge in [-0.3, -0.25) is 0 Å². The van der Waals surface area contributed by atoms with Crippen LogP contribution in [0.5, 0.6) is 0 Å². The molecule has 262 valence electrons. The number of ether oxygens (including phenoxy) is 2. The minimum Gasteiger partial charge on any atom is -0.453 e. The van der Waals surface area contributed by atoms with Gasteiger partial charge in [-0.1, -0.05) is 72.8 Å². The first kappa shape index (κ1) is 32.6. The van der Waals surface area contributed by atoms with Crippen LogP contribution in [0.3, 0.4) is 0 Å². The number of hydrazone groups is 2. The number of hydrogen-bond acceptors (Lipinski definition) is 8. The lowest BCUT2D eigenvalue weighted by molar-refractivity contribution is 0.337. The van der Waals surface area contributed by atoms with Crippen LogP contribution in [-0.2, 0) is 9.47 Å². The van der Waals surface area contributed by atoms with Gasteiger partial charge in [-0.25, -0.2) is 10.0 Å². The lowest BCUT2D eigenvalue weighted by Gasteiger charge is -2.25. The third-order valence-electron chi connectivity index (χ3n) is 9.32. The molecule has 9 rings (SSSR count). The zero-order chi connectivity index (χ0) is 36.1. The largest absolute Gasteiger partial charge is 0.453 e. The van der Waals surface area contributed by atoms with Gasteiger partial charge in [0, 0.05) is 45.3 Å². The van der Waals surface area contributed by atoms with Gasteiger partial charge in [0.15, 0.2) is 13.5 Å². The zero-order valence-corrected chi connectivity index (χ0v) is 29.4. The van der Waals surface area contributed by atoms with E-state index >= 15 is 0 Å². The van der Waals surface area contributed by atoms with E-state index in [2.05, 4.69) is 155 Å². The third-order valence-corrected chi connectivity index (χ3v) is 9.32. The van der Waals surface area contributed by atoms with Crippen molar-refractivity contribution < 1.29 is 9.47 Å². The summed E-state index contributed by atoms with van der Waals surface area (Å²) >= 11 is 0. The molecule has 2 aliphatic rings. The van der Waals surface area contributed by atoms with E-state index in [9.17, 15) is 0 Å². The smallest absolute Gasteiger partial charge is 0.240 e. The van der Waals surface area contributed by atoms with Gasteiger partial charge in [0.1, 0.15) is 0 Å². The minimum atomic E-state index is 0.329. The number of para-hydroxylation sites is 4. The number of hydrogen-bond donors (Lipinski definition) is 0. The Bertz CT molecular complexity index is 2120. The van der Waals surface area contributed by atoms with Crippen LogP contribution in [0.25, 0.3) is 0 Å². The average Bonchev–Trinajstić information content (AvgIpc) is 3.95. The number of anilines is 8. The molecule has 2 heterocycles. The van der Waals surface area contributed by atoms with E-state index < -0.39 is 0 Å². The summed E-state index contributed by atoms with van der Waals surface area (Å²) in [6.07, 6.45) is 0. The van der Waals surface area contributed by atoms with E-state index in [4.69, 9.17) is 19.7 Å². The van der Waals surface area contributed by atoms with Gasteiger partial charge in [0.2, 0.25) is 11.8 Å². The Morgan fingerprint density at radius 1 is 0.333 bits per heavy atom. The molecule has 0 aliphatic carbocycles. The summed E-state index contributed by atoms with van der Waals surface area (Å²) in [7, 11) is 0. The summed E-state index contributed by atoms with van der Waals surface area (Å²) in [5.74, 6) is 1.13. The molecule has 0 atom stereocenters. The van der Waals surface area contributed by atoms with Gasteiger partial charge >= 0.3 is 0 Å². The van der Waals surface area contributed by atoms with E-state index in [1.807, 2.05) is 58.5 Å². The van der Waals surface area contributed by atoms with E-state index in [-0.39, 0.29) is 0 Å². The van der Waals surface area contributed by atoms with E-state index in [1.165, 1.54) is 0 Å². The van der Waals surface area contributed by atoms with Crippen LogP contribution in [0.4, 0.5) is 45.5 Å². The molecule has 7 aromatic carbocycles. The lowest BCUT2D eigenvalue weighted by Crippen LogP contribution is -2.13. The van der Waals surface area contributed by atoms with Crippen LogP contribution in [0.2, 0.25) is 0 Å². The van der Waals surface area contributed by atoms with Crippen LogP contribution in [0.15, 0.2) is 204 Å². The van der Waals surface area contributed by atoms with Crippen molar-refractivity contribution in [1.29, 1.82) is 0 Å². The molecule has 2 aliphatic heterocycles. The fourth-order valence-electron chi connectivity index (χ4n) is 6.63. The molecular weight excluding hydrogens is 669 g/mol. The van der Waals surface area contributed by atoms with Gasteiger partial charge in [0.25, 0.3) is 0 Å². The van der Waals surface area contributed by atoms with Crippen molar-refractivity contribution in [2.45, 2.75) is 0 Å². The predicted octanol–water partition coefficient (Wildman–Crippen LogP) is 10.9. The summed E-state index contributed by atoms with van der Waals surface area (Å²) in [5, 5.41) is 13.3. The Morgan fingerprint density at radius 2 is 0.611 bits per heavy atom. The van der Waals surface area contributed by atoms with Crippen molar-refractivity contribution in [2.75, 3.05) is 33.3 Å². The molecule has 0 bridgehead atoms. The summed E-state index contributed by atoms with van der Waals surface area (Å²) in [6, 6.07) is 66.2. The maximum Gasteiger partial charge on any atom is 0.240 e. The lowest BCUT2D eigenvalue weighted by atomic mass is 10.1. The van der Waals surface area contributed by atoms with Crippen LogP contribution in [0.1, 0.15) is 11.1 Å². The molecule has 54 heavy (non-hydrogen) atoms. The maximum atomic E-state index is 6.04. The molecule has 0 unspecified atom stereocenters. The Morgan fingerprint density at radius 3 is 0.907 bits per heavy atom. The number of rotatable bonds is 10. The van der Waals surface area contributed by atoms with Crippen molar-refractivity contribution in [1.82, 2.24) is 0 Å². The van der Waals surface area contributed by atoms with Crippen molar-refractivity contribution in [3.05, 3.63) is 205 Å². The quantitative estimate of drug-likeness (QED) is 0.141. The van der Waals surface area contributed by atoms with Crippen molar-refractivity contribution in [2.24, 2.45) is 10.2 Å². The van der Waals surface area contributed by atoms with Crippen LogP contribution in [0, 0.1) is 0 Å². The Labute approximate surface area is 314 Å². The van der Waals surface area contributed by atoms with E-state index in [0.717, 1.165) is 56.6 Å². The highest BCUT2D eigenvalue weighted by molar-refractivity contribution is 5.99. The third kappa shape index (κ3) is 6.71. The van der Waals surface area contributed by atoms with E-state index in [0.29, 0.717) is 25.3 Å². The second kappa shape index (κ2) is 14.7. The second-order valence-electron chi connectivity index (χ2n) is 12.8. The summed E-state index contributed by atoms with van der Waals surface area (Å²) in [6.45, 7) is 0.658. The first-order valence-electron chi connectivity index (χ1n) is 17.9. The van der Waals surface area contributed by atoms with Gasteiger partial charge in [-0.2, -0.15) is 0 Å².